The average Bonchev–Trinajstić information content (AvgIpc) is 3.20. The van der Waals surface area contributed by atoms with Gasteiger partial charge in [-0.15, -0.1) is 0 Å². The van der Waals surface area contributed by atoms with Crippen molar-refractivity contribution in [2.45, 2.75) is 64.5 Å². The number of nitrogens with two attached hydrogens (primary N) is 1. The average molecular weight is 267 g/mol. The number of hydrogen-bond acceptors (Lipinski definition) is 3. The fraction of sp³-hybridized carbons (Fsp3) is 0.933. The van der Waals surface area contributed by atoms with Gasteiger partial charge in [-0.3, -0.25) is 4.79 Å². The number of likely N-dealkylation sites (tertiary alicyclic amines) is 1. The largest absolute Gasteiger partial charge is 0.368 e. The number of carbonyl (C=O) groups is 1. The molecule has 0 aromatic rings. The minimum atomic E-state index is -0.192. The normalized spacial score (nSPS) is 25.2. The van der Waals surface area contributed by atoms with Crippen molar-refractivity contribution in [3.8, 4) is 0 Å². The van der Waals surface area contributed by atoms with Crippen LogP contribution in [-0.2, 0) is 4.79 Å². The maximum atomic E-state index is 11.4. The third kappa shape index (κ3) is 4.46. The van der Waals surface area contributed by atoms with E-state index in [0.29, 0.717) is 11.5 Å². The fourth-order valence-corrected chi connectivity index (χ4v) is 2.82. The van der Waals surface area contributed by atoms with Crippen LogP contribution in [0.2, 0.25) is 0 Å². The predicted molar refractivity (Wildman–Crippen MR) is 77.8 cm³/mol. The highest BCUT2D eigenvalue weighted by Crippen LogP contribution is 2.33. The summed E-state index contributed by atoms with van der Waals surface area (Å²) in [6.45, 7) is 8.01. The molecule has 1 atom stereocenters. The topological polar surface area (TPSA) is 58.4 Å². The number of nitrogens with zero attached hydrogens (tertiary/aromatic N) is 1. The molecule has 19 heavy (non-hydrogen) atoms. The molecule has 1 unspecified atom stereocenters. The minimum absolute atomic E-state index is 0.132. The van der Waals surface area contributed by atoms with E-state index in [1.165, 1.54) is 45.2 Å². The number of piperidine rings is 1. The summed E-state index contributed by atoms with van der Waals surface area (Å²) < 4.78 is 0. The van der Waals surface area contributed by atoms with Crippen LogP contribution in [0.1, 0.15) is 52.4 Å². The molecule has 1 aliphatic heterocycles. The van der Waals surface area contributed by atoms with Crippen molar-refractivity contribution in [3.05, 3.63) is 0 Å². The molecule has 1 heterocycles. The van der Waals surface area contributed by atoms with Crippen LogP contribution in [0.3, 0.4) is 0 Å². The summed E-state index contributed by atoms with van der Waals surface area (Å²) in [5.41, 5.74) is 6.01. The number of primary amides is 1. The van der Waals surface area contributed by atoms with Crippen LogP contribution in [0, 0.1) is 5.41 Å². The first-order valence-corrected chi connectivity index (χ1v) is 7.80. The number of amides is 1. The molecule has 1 saturated carbocycles. The first kappa shape index (κ1) is 14.8. The van der Waals surface area contributed by atoms with Crippen molar-refractivity contribution in [2.24, 2.45) is 11.1 Å². The van der Waals surface area contributed by atoms with Crippen LogP contribution in [0.15, 0.2) is 0 Å². The molecule has 2 aliphatic rings. The molecule has 0 spiro atoms. The number of nitrogens with one attached hydrogen (secondary N) is 1. The van der Waals surface area contributed by atoms with E-state index in [9.17, 15) is 4.79 Å². The van der Waals surface area contributed by atoms with E-state index in [-0.39, 0.29) is 11.9 Å². The van der Waals surface area contributed by atoms with Gasteiger partial charge in [0.1, 0.15) is 0 Å². The number of rotatable bonds is 7. The van der Waals surface area contributed by atoms with E-state index in [1.807, 2.05) is 0 Å². The second kappa shape index (κ2) is 6.23. The molecule has 1 aliphatic carbocycles. The summed E-state index contributed by atoms with van der Waals surface area (Å²) in [4.78, 5) is 13.9. The first-order valence-electron chi connectivity index (χ1n) is 7.80. The third-order valence-corrected chi connectivity index (χ3v) is 5.01. The molecule has 1 saturated heterocycles. The SMILES string of the molecule is CCC1(C)CCN(CCC(NC2CC2)C(N)=O)CC1. The molecule has 4 heteroatoms. The molecule has 0 radical (unpaired) electrons. The molecule has 0 aromatic carbocycles. The maximum absolute atomic E-state index is 11.4. The zero-order valence-corrected chi connectivity index (χ0v) is 12.5. The molecule has 2 fully saturated rings. The van der Waals surface area contributed by atoms with Gasteiger partial charge in [0.05, 0.1) is 6.04 Å². The van der Waals surface area contributed by atoms with E-state index in [1.54, 1.807) is 0 Å². The summed E-state index contributed by atoms with van der Waals surface area (Å²) in [5.74, 6) is -0.192. The standard InChI is InChI=1S/C15H29N3O/c1-3-15(2)7-10-18(11-8-15)9-6-13(14(16)19)17-12-4-5-12/h12-13,17H,3-11H2,1-2H3,(H2,16,19). The monoisotopic (exact) mass is 267 g/mol. The Morgan fingerprint density at radius 2 is 2.05 bits per heavy atom. The van der Waals surface area contributed by atoms with Gasteiger partial charge in [-0.2, -0.15) is 0 Å². The summed E-state index contributed by atoms with van der Waals surface area (Å²) in [5, 5.41) is 3.36. The highest BCUT2D eigenvalue weighted by atomic mass is 16.1. The molecule has 4 nitrogen and oxygen atoms in total. The van der Waals surface area contributed by atoms with Crippen molar-refractivity contribution in [2.75, 3.05) is 19.6 Å². The number of carbonyl (C=O) groups excluding carboxylic acids is 1. The van der Waals surface area contributed by atoms with Crippen LogP contribution < -0.4 is 11.1 Å². The Balaban J connectivity index is 1.71. The van der Waals surface area contributed by atoms with Gasteiger partial charge >= 0.3 is 0 Å². The maximum Gasteiger partial charge on any atom is 0.234 e. The molecule has 2 rings (SSSR count). The summed E-state index contributed by atoms with van der Waals surface area (Å²) >= 11 is 0. The van der Waals surface area contributed by atoms with Gasteiger partial charge < -0.3 is 16.0 Å². The van der Waals surface area contributed by atoms with Crippen molar-refractivity contribution in [1.82, 2.24) is 10.2 Å². The van der Waals surface area contributed by atoms with E-state index >= 15 is 0 Å². The van der Waals surface area contributed by atoms with Gasteiger partial charge in [0.15, 0.2) is 0 Å². The quantitative estimate of drug-likeness (QED) is 0.735. The fourth-order valence-electron chi connectivity index (χ4n) is 2.82. The van der Waals surface area contributed by atoms with Crippen LogP contribution in [0.4, 0.5) is 0 Å². The van der Waals surface area contributed by atoms with Gasteiger partial charge in [0.2, 0.25) is 5.91 Å². The lowest BCUT2D eigenvalue weighted by atomic mass is 9.78. The lowest BCUT2D eigenvalue weighted by Crippen LogP contribution is -2.46. The van der Waals surface area contributed by atoms with Gasteiger partial charge in [-0.25, -0.2) is 0 Å². The summed E-state index contributed by atoms with van der Waals surface area (Å²) in [7, 11) is 0. The Labute approximate surface area is 117 Å². The van der Waals surface area contributed by atoms with Crippen molar-refractivity contribution in [1.29, 1.82) is 0 Å². The zero-order valence-electron chi connectivity index (χ0n) is 12.5. The van der Waals surface area contributed by atoms with E-state index in [0.717, 1.165) is 13.0 Å². The van der Waals surface area contributed by atoms with Gasteiger partial charge in [0, 0.05) is 12.6 Å². The Kier molecular flexibility index (Phi) is 4.85. The Hall–Kier alpha value is -0.610. The van der Waals surface area contributed by atoms with Crippen LogP contribution in [-0.4, -0.2) is 42.5 Å². The molecular weight excluding hydrogens is 238 g/mol. The predicted octanol–water partition coefficient (Wildman–Crippen LogP) is 1.49. The third-order valence-electron chi connectivity index (χ3n) is 5.01. The zero-order chi connectivity index (χ0) is 13.9. The summed E-state index contributed by atoms with van der Waals surface area (Å²) in [6.07, 6.45) is 7.08. The lowest BCUT2D eigenvalue weighted by Gasteiger charge is -2.39. The Morgan fingerprint density at radius 1 is 1.42 bits per heavy atom. The molecule has 3 N–H and O–H groups in total. The summed E-state index contributed by atoms with van der Waals surface area (Å²) in [6, 6.07) is 0.411. The first-order chi connectivity index (χ1) is 9.02. The highest BCUT2D eigenvalue weighted by molar-refractivity contribution is 5.79. The van der Waals surface area contributed by atoms with E-state index in [4.69, 9.17) is 5.73 Å². The van der Waals surface area contributed by atoms with Gasteiger partial charge in [-0.1, -0.05) is 20.3 Å². The highest BCUT2D eigenvalue weighted by Gasteiger charge is 2.30. The second-order valence-corrected chi connectivity index (χ2v) is 6.69. The Morgan fingerprint density at radius 3 is 2.53 bits per heavy atom. The number of hydrogen-bond donors (Lipinski definition) is 2. The van der Waals surface area contributed by atoms with Crippen molar-refractivity contribution >= 4 is 5.91 Å². The van der Waals surface area contributed by atoms with Crippen molar-refractivity contribution in [3.63, 3.8) is 0 Å². The minimum Gasteiger partial charge on any atom is -0.368 e. The van der Waals surface area contributed by atoms with Gasteiger partial charge in [-0.05, 0) is 50.6 Å². The van der Waals surface area contributed by atoms with Crippen molar-refractivity contribution < 1.29 is 4.79 Å². The lowest BCUT2D eigenvalue weighted by molar-refractivity contribution is -0.120. The van der Waals surface area contributed by atoms with Gasteiger partial charge in [0.25, 0.3) is 0 Å². The molecule has 0 bridgehead atoms. The van der Waals surface area contributed by atoms with Crippen LogP contribution in [0.25, 0.3) is 0 Å². The van der Waals surface area contributed by atoms with Crippen LogP contribution in [0.5, 0.6) is 0 Å². The Bertz CT molecular complexity index is 307. The molecular formula is C15H29N3O. The second-order valence-electron chi connectivity index (χ2n) is 6.69. The molecule has 1 amide bonds. The van der Waals surface area contributed by atoms with E-state index < -0.39 is 0 Å². The molecule has 110 valence electrons. The smallest absolute Gasteiger partial charge is 0.234 e. The van der Waals surface area contributed by atoms with Crippen LogP contribution >= 0.6 is 0 Å². The van der Waals surface area contributed by atoms with E-state index in [2.05, 4.69) is 24.1 Å². The molecule has 0 aromatic heterocycles.